The summed E-state index contributed by atoms with van der Waals surface area (Å²) >= 11 is 0. The maximum Gasteiger partial charge on any atom is 0.491 e. The topological polar surface area (TPSA) is 29.5 Å². The Labute approximate surface area is 104 Å². The van der Waals surface area contributed by atoms with Gasteiger partial charge in [0.2, 0.25) is 0 Å². The van der Waals surface area contributed by atoms with Crippen LogP contribution in [0.5, 0.6) is 0 Å². The molecule has 0 aromatic heterocycles. The molecule has 0 radical (unpaired) electrons. The Morgan fingerprint density at radius 1 is 1.18 bits per heavy atom. The molecule has 1 aliphatic rings. The lowest BCUT2D eigenvalue weighted by atomic mass is 9.78. The summed E-state index contributed by atoms with van der Waals surface area (Å²) in [7, 11) is -0.764. The van der Waals surface area contributed by atoms with Gasteiger partial charge in [0.15, 0.2) is 0 Å². The quantitative estimate of drug-likeness (QED) is 0.807. The summed E-state index contributed by atoms with van der Waals surface area (Å²) in [5, 5.41) is 9.97. The molecule has 1 fully saturated rings. The van der Waals surface area contributed by atoms with E-state index < -0.39 is 7.12 Å². The summed E-state index contributed by atoms with van der Waals surface area (Å²) in [6.45, 7) is 2.25. The monoisotopic (exact) mass is 232 g/mol. The zero-order valence-corrected chi connectivity index (χ0v) is 10.5. The largest absolute Gasteiger partial charge is 0.491 e. The molecule has 1 aromatic carbocycles. The third-order valence-electron chi connectivity index (χ3n) is 3.78. The van der Waals surface area contributed by atoms with Gasteiger partial charge in [0.1, 0.15) is 0 Å². The third kappa shape index (κ3) is 3.58. The van der Waals surface area contributed by atoms with Crippen LogP contribution < -0.4 is 5.46 Å². The van der Waals surface area contributed by atoms with Crippen LogP contribution in [0.1, 0.15) is 39.0 Å². The zero-order chi connectivity index (χ0) is 12.1. The van der Waals surface area contributed by atoms with E-state index in [9.17, 15) is 5.02 Å². The first-order valence-corrected chi connectivity index (χ1v) is 6.68. The Bertz CT molecular complexity index is 320. The van der Waals surface area contributed by atoms with Crippen LogP contribution in [0, 0.1) is 5.92 Å². The molecule has 2 rings (SSSR count). The van der Waals surface area contributed by atoms with Crippen molar-refractivity contribution in [1.29, 1.82) is 0 Å². The molecule has 0 spiro atoms. The average Bonchev–Trinajstić information content (AvgIpc) is 2.40. The molecule has 2 nitrogen and oxygen atoms in total. The van der Waals surface area contributed by atoms with Crippen molar-refractivity contribution in [1.82, 2.24) is 0 Å². The first kappa shape index (κ1) is 12.7. The molecule has 0 bridgehead atoms. The maximum atomic E-state index is 9.97. The van der Waals surface area contributed by atoms with Crippen LogP contribution in [-0.2, 0) is 4.65 Å². The molecule has 0 amide bonds. The maximum absolute atomic E-state index is 9.97. The van der Waals surface area contributed by atoms with Crippen molar-refractivity contribution in [2.75, 3.05) is 0 Å². The molecule has 1 saturated carbocycles. The second kappa shape index (κ2) is 6.22. The Balaban J connectivity index is 1.82. The minimum atomic E-state index is -0.764. The van der Waals surface area contributed by atoms with Gasteiger partial charge in [0.05, 0.1) is 0 Å². The molecule has 0 atom stereocenters. The molecular weight excluding hydrogens is 211 g/mol. The van der Waals surface area contributed by atoms with E-state index in [0.717, 1.165) is 24.2 Å². The minimum Gasteiger partial charge on any atom is -0.423 e. The molecule has 92 valence electrons. The van der Waals surface area contributed by atoms with Crippen LogP contribution in [-0.4, -0.2) is 18.2 Å². The van der Waals surface area contributed by atoms with E-state index >= 15 is 0 Å². The van der Waals surface area contributed by atoms with Crippen LogP contribution in [0.3, 0.4) is 0 Å². The van der Waals surface area contributed by atoms with Crippen molar-refractivity contribution in [2.45, 2.75) is 45.1 Å². The summed E-state index contributed by atoms with van der Waals surface area (Å²) in [5.74, 6) is 0.865. The lowest BCUT2D eigenvalue weighted by Crippen LogP contribution is -2.38. The summed E-state index contributed by atoms with van der Waals surface area (Å²) < 4.78 is 5.73. The van der Waals surface area contributed by atoms with Crippen molar-refractivity contribution >= 4 is 12.6 Å². The molecule has 0 unspecified atom stereocenters. The Morgan fingerprint density at radius 2 is 1.82 bits per heavy atom. The van der Waals surface area contributed by atoms with E-state index in [1.54, 1.807) is 0 Å². The highest BCUT2D eigenvalue weighted by atomic mass is 16.5. The highest BCUT2D eigenvalue weighted by Gasteiger charge is 2.25. The van der Waals surface area contributed by atoms with Crippen LogP contribution in [0.15, 0.2) is 30.3 Å². The van der Waals surface area contributed by atoms with Gasteiger partial charge >= 0.3 is 7.12 Å². The van der Waals surface area contributed by atoms with Crippen molar-refractivity contribution in [3.8, 4) is 0 Å². The third-order valence-corrected chi connectivity index (χ3v) is 3.78. The zero-order valence-electron chi connectivity index (χ0n) is 10.5. The molecule has 3 heteroatoms. The smallest absolute Gasteiger partial charge is 0.423 e. The lowest BCUT2D eigenvalue weighted by molar-refractivity contribution is 0.111. The van der Waals surface area contributed by atoms with Gasteiger partial charge in [0, 0.05) is 6.10 Å². The minimum absolute atomic E-state index is 0.230. The van der Waals surface area contributed by atoms with Crippen molar-refractivity contribution in [2.24, 2.45) is 5.92 Å². The van der Waals surface area contributed by atoms with Crippen molar-refractivity contribution in [3.63, 3.8) is 0 Å². The van der Waals surface area contributed by atoms with Gasteiger partial charge in [-0.15, -0.1) is 0 Å². The van der Waals surface area contributed by atoms with E-state index in [1.165, 1.54) is 19.3 Å². The molecule has 0 heterocycles. The fourth-order valence-electron chi connectivity index (χ4n) is 2.55. The van der Waals surface area contributed by atoms with Crippen LogP contribution in [0.25, 0.3) is 0 Å². The fourth-order valence-corrected chi connectivity index (χ4v) is 2.55. The van der Waals surface area contributed by atoms with Crippen molar-refractivity contribution in [3.05, 3.63) is 30.3 Å². The summed E-state index contributed by atoms with van der Waals surface area (Å²) in [4.78, 5) is 0. The van der Waals surface area contributed by atoms with Crippen LogP contribution >= 0.6 is 0 Å². The van der Waals surface area contributed by atoms with Gasteiger partial charge in [-0.3, -0.25) is 0 Å². The van der Waals surface area contributed by atoms with Crippen LogP contribution in [0.2, 0.25) is 0 Å². The first-order chi connectivity index (χ1) is 8.29. The molecule has 0 saturated heterocycles. The normalized spacial score (nSPS) is 24.6. The number of hydrogen-bond donors (Lipinski definition) is 1. The summed E-state index contributed by atoms with van der Waals surface area (Å²) in [6, 6.07) is 9.61. The number of hydrogen-bond acceptors (Lipinski definition) is 2. The van der Waals surface area contributed by atoms with E-state index in [-0.39, 0.29) is 6.10 Å². The second-order valence-corrected chi connectivity index (χ2v) is 4.95. The van der Waals surface area contributed by atoms with Gasteiger partial charge in [-0.05, 0) is 37.1 Å². The van der Waals surface area contributed by atoms with Gasteiger partial charge in [-0.1, -0.05) is 43.7 Å². The molecule has 1 aliphatic carbocycles. The predicted molar refractivity (Wildman–Crippen MR) is 71.2 cm³/mol. The number of rotatable bonds is 4. The fraction of sp³-hybridized carbons (Fsp3) is 0.571. The Kier molecular flexibility index (Phi) is 4.63. The molecule has 1 aromatic rings. The Morgan fingerprint density at radius 3 is 2.41 bits per heavy atom. The van der Waals surface area contributed by atoms with Gasteiger partial charge in [-0.2, -0.15) is 0 Å². The molecular formula is C14H21BO2. The average molecular weight is 232 g/mol. The molecule has 17 heavy (non-hydrogen) atoms. The summed E-state index contributed by atoms with van der Waals surface area (Å²) in [6.07, 6.45) is 6.15. The Hall–Kier alpha value is -0.795. The van der Waals surface area contributed by atoms with Gasteiger partial charge in [-0.25, -0.2) is 0 Å². The predicted octanol–water partition coefficient (Wildman–Crippen LogP) is 2.36. The van der Waals surface area contributed by atoms with Gasteiger partial charge < -0.3 is 9.68 Å². The summed E-state index contributed by atoms with van der Waals surface area (Å²) in [5.41, 5.74) is 0.852. The van der Waals surface area contributed by atoms with E-state index in [1.807, 2.05) is 30.3 Å². The lowest BCUT2D eigenvalue weighted by Gasteiger charge is -2.29. The highest BCUT2D eigenvalue weighted by molar-refractivity contribution is 6.59. The molecule has 0 aliphatic heterocycles. The van der Waals surface area contributed by atoms with E-state index in [0.29, 0.717) is 0 Å². The van der Waals surface area contributed by atoms with Crippen LogP contribution in [0.4, 0.5) is 0 Å². The highest BCUT2D eigenvalue weighted by Crippen LogP contribution is 2.28. The first-order valence-electron chi connectivity index (χ1n) is 6.68. The molecule has 1 N–H and O–H groups in total. The SMILES string of the molecule is CCC1CCC(OB(O)c2ccccc2)CC1. The van der Waals surface area contributed by atoms with Crippen molar-refractivity contribution < 1.29 is 9.68 Å². The van der Waals surface area contributed by atoms with E-state index in [2.05, 4.69) is 6.92 Å². The van der Waals surface area contributed by atoms with E-state index in [4.69, 9.17) is 4.65 Å². The second-order valence-electron chi connectivity index (χ2n) is 4.95. The van der Waals surface area contributed by atoms with Gasteiger partial charge in [0.25, 0.3) is 0 Å². The standard InChI is InChI=1S/C14H21BO2/c1-2-12-8-10-14(11-9-12)17-15(16)13-6-4-3-5-7-13/h3-7,12,14,16H,2,8-11H2,1H3. The number of benzene rings is 1.